The zero-order chi connectivity index (χ0) is 22.4. The number of fused-ring (bicyclic) bond motifs is 1. The predicted octanol–water partition coefficient (Wildman–Crippen LogP) is 4.66. The minimum atomic E-state index is -1.44. The van der Waals surface area contributed by atoms with Crippen LogP contribution in [-0.2, 0) is 17.8 Å². The van der Waals surface area contributed by atoms with Crippen molar-refractivity contribution in [1.82, 2.24) is 0 Å². The molecule has 0 spiro atoms. The predicted molar refractivity (Wildman–Crippen MR) is 109 cm³/mol. The van der Waals surface area contributed by atoms with Gasteiger partial charge in [-0.05, 0) is 61.5 Å². The summed E-state index contributed by atoms with van der Waals surface area (Å²) < 4.78 is 51.1. The molecule has 1 aliphatic rings. The van der Waals surface area contributed by atoms with Crippen molar-refractivity contribution in [2.45, 2.75) is 26.8 Å². The van der Waals surface area contributed by atoms with Crippen molar-refractivity contribution in [3.8, 4) is 0 Å². The van der Waals surface area contributed by atoms with Gasteiger partial charge in [0.25, 0.3) is 0 Å². The average molecular weight is 420 g/mol. The zero-order valence-corrected chi connectivity index (χ0v) is 16.4. The second-order valence-corrected chi connectivity index (χ2v) is 6.52. The Morgan fingerprint density at radius 1 is 1.23 bits per heavy atom. The molecule has 2 aromatic carbocycles. The van der Waals surface area contributed by atoms with Gasteiger partial charge in [-0.2, -0.15) is 4.39 Å². The SMILES string of the molecule is C=NC(=O)/C(F)=C\N.CC1=Nc2cc(C)c(NCc3cc(F)c(F)c(F)c3)cc2C1. The summed E-state index contributed by atoms with van der Waals surface area (Å²) in [5.41, 5.74) is 10.00. The topological polar surface area (TPSA) is 79.8 Å². The molecule has 2 aromatic rings. The molecular formula is C21H20F4N4O. The number of aliphatic imine (C=N–C) groups is 2. The van der Waals surface area contributed by atoms with E-state index in [0.717, 1.165) is 46.8 Å². The van der Waals surface area contributed by atoms with Crippen LogP contribution in [0.5, 0.6) is 0 Å². The quantitative estimate of drug-likeness (QED) is 0.327. The molecule has 1 aliphatic heterocycles. The maximum absolute atomic E-state index is 13.2. The fourth-order valence-corrected chi connectivity index (χ4v) is 2.75. The fourth-order valence-electron chi connectivity index (χ4n) is 2.75. The molecule has 0 saturated carbocycles. The first-order valence-corrected chi connectivity index (χ1v) is 8.79. The van der Waals surface area contributed by atoms with E-state index in [4.69, 9.17) is 0 Å². The lowest BCUT2D eigenvalue weighted by Crippen LogP contribution is -2.04. The van der Waals surface area contributed by atoms with Crippen molar-refractivity contribution < 1.29 is 22.4 Å². The first-order valence-electron chi connectivity index (χ1n) is 8.79. The van der Waals surface area contributed by atoms with Crippen LogP contribution in [0.4, 0.5) is 28.9 Å². The van der Waals surface area contributed by atoms with Gasteiger partial charge in [0.1, 0.15) is 0 Å². The van der Waals surface area contributed by atoms with E-state index >= 15 is 0 Å². The van der Waals surface area contributed by atoms with E-state index in [9.17, 15) is 22.4 Å². The third-order valence-electron chi connectivity index (χ3n) is 4.20. The van der Waals surface area contributed by atoms with Gasteiger partial charge in [-0.25, -0.2) is 18.2 Å². The normalized spacial score (nSPS) is 12.5. The highest BCUT2D eigenvalue weighted by atomic mass is 19.2. The second-order valence-electron chi connectivity index (χ2n) is 6.52. The number of aryl methyl sites for hydroxylation is 1. The number of amides is 1. The highest BCUT2D eigenvalue weighted by Gasteiger charge is 2.14. The highest BCUT2D eigenvalue weighted by Crippen LogP contribution is 2.32. The van der Waals surface area contributed by atoms with E-state index in [1.165, 1.54) is 0 Å². The molecule has 0 atom stereocenters. The number of nitrogens with zero attached hydrogens (tertiary/aromatic N) is 2. The molecule has 1 heterocycles. The molecule has 3 rings (SSSR count). The molecule has 5 nitrogen and oxygen atoms in total. The summed E-state index contributed by atoms with van der Waals surface area (Å²) in [7, 11) is 0. The van der Waals surface area contributed by atoms with E-state index in [2.05, 4.69) is 27.8 Å². The Morgan fingerprint density at radius 3 is 2.40 bits per heavy atom. The lowest BCUT2D eigenvalue weighted by molar-refractivity contribution is -0.115. The Morgan fingerprint density at radius 2 is 1.87 bits per heavy atom. The summed E-state index contributed by atoms with van der Waals surface area (Å²) in [5, 5.41) is 3.14. The van der Waals surface area contributed by atoms with Gasteiger partial charge in [-0.15, -0.1) is 0 Å². The Labute approximate surface area is 171 Å². The van der Waals surface area contributed by atoms with Crippen LogP contribution in [0.1, 0.15) is 23.6 Å². The maximum atomic E-state index is 13.2. The van der Waals surface area contributed by atoms with Gasteiger partial charge in [-0.1, -0.05) is 0 Å². The standard InChI is InChI=1S/C17H15F3N2.C4H5FN2O/c1-9-3-16-12(4-10(2)22-16)7-15(9)21-8-11-5-13(18)17(20)14(19)6-11;1-7-4(8)3(5)2-6/h3,5-7,21H,4,8H2,1-2H3;2H,1,6H2/b;3-2+. The minimum Gasteiger partial charge on any atom is -0.402 e. The molecule has 0 aromatic heterocycles. The fraction of sp³-hybridized carbons (Fsp3) is 0.190. The number of halogens is 4. The van der Waals surface area contributed by atoms with Gasteiger partial charge in [0.2, 0.25) is 5.83 Å². The van der Waals surface area contributed by atoms with Crippen LogP contribution in [0.2, 0.25) is 0 Å². The molecule has 9 heteroatoms. The number of carbonyl (C=O) groups excluding carboxylic acids is 1. The number of carbonyl (C=O) groups is 1. The van der Waals surface area contributed by atoms with Crippen LogP contribution in [0.3, 0.4) is 0 Å². The van der Waals surface area contributed by atoms with E-state index in [1.807, 2.05) is 26.0 Å². The number of hydrogen-bond acceptors (Lipinski definition) is 4. The molecule has 0 saturated heterocycles. The van der Waals surface area contributed by atoms with Crippen LogP contribution < -0.4 is 11.1 Å². The zero-order valence-electron chi connectivity index (χ0n) is 16.4. The molecule has 158 valence electrons. The summed E-state index contributed by atoms with van der Waals surface area (Å²) in [5.74, 6) is -5.91. The molecule has 30 heavy (non-hydrogen) atoms. The number of hydrogen-bond donors (Lipinski definition) is 2. The van der Waals surface area contributed by atoms with E-state index in [1.54, 1.807) is 0 Å². The van der Waals surface area contributed by atoms with Gasteiger partial charge in [0.15, 0.2) is 17.5 Å². The lowest BCUT2D eigenvalue weighted by Gasteiger charge is -2.12. The number of rotatable bonds is 4. The van der Waals surface area contributed by atoms with Crippen molar-refractivity contribution in [3.05, 3.63) is 70.4 Å². The second kappa shape index (κ2) is 9.82. The molecule has 1 amide bonds. The van der Waals surface area contributed by atoms with Crippen molar-refractivity contribution in [2.75, 3.05) is 5.32 Å². The first-order chi connectivity index (χ1) is 14.2. The van der Waals surface area contributed by atoms with E-state index in [-0.39, 0.29) is 6.54 Å². The first kappa shape index (κ1) is 22.8. The smallest absolute Gasteiger partial charge is 0.306 e. The Hall–Kier alpha value is -3.49. The third-order valence-corrected chi connectivity index (χ3v) is 4.20. The van der Waals surface area contributed by atoms with Gasteiger partial charge in [-0.3, -0.25) is 9.79 Å². The third kappa shape index (κ3) is 5.53. The van der Waals surface area contributed by atoms with Gasteiger partial charge in [0, 0.05) is 30.6 Å². The van der Waals surface area contributed by atoms with E-state index < -0.39 is 29.2 Å². The number of anilines is 1. The number of benzene rings is 2. The minimum absolute atomic E-state index is 0.216. The van der Waals surface area contributed by atoms with E-state index in [0.29, 0.717) is 11.8 Å². The summed E-state index contributed by atoms with van der Waals surface area (Å²) >= 11 is 0. The van der Waals surface area contributed by atoms with Crippen molar-refractivity contribution in [1.29, 1.82) is 0 Å². The largest absolute Gasteiger partial charge is 0.402 e. The summed E-state index contributed by atoms with van der Waals surface area (Å²) in [6.45, 7) is 6.93. The van der Waals surface area contributed by atoms with Crippen LogP contribution in [0.15, 0.2) is 46.3 Å². The number of nitrogens with two attached hydrogens (primary N) is 1. The average Bonchev–Trinajstić information content (AvgIpc) is 3.07. The monoisotopic (exact) mass is 420 g/mol. The molecule has 0 aliphatic carbocycles. The lowest BCUT2D eigenvalue weighted by atomic mass is 10.1. The maximum Gasteiger partial charge on any atom is 0.306 e. The molecule has 0 fully saturated rings. The summed E-state index contributed by atoms with van der Waals surface area (Å²) in [6, 6.07) is 5.99. The van der Waals surface area contributed by atoms with Crippen molar-refractivity contribution >= 4 is 29.7 Å². The van der Waals surface area contributed by atoms with Crippen LogP contribution in [-0.4, -0.2) is 18.3 Å². The van der Waals surface area contributed by atoms with Crippen LogP contribution in [0, 0.1) is 24.4 Å². The van der Waals surface area contributed by atoms with Gasteiger partial charge >= 0.3 is 5.91 Å². The van der Waals surface area contributed by atoms with Gasteiger partial charge in [0.05, 0.1) is 5.69 Å². The van der Waals surface area contributed by atoms with Crippen molar-refractivity contribution in [3.63, 3.8) is 0 Å². The number of nitrogens with one attached hydrogen (secondary N) is 1. The summed E-state index contributed by atoms with van der Waals surface area (Å²) in [4.78, 5) is 17.2. The Kier molecular flexibility index (Phi) is 7.46. The molecule has 0 bridgehead atoms. The molecule has 3 N–H and O–H groups in total. The summed E-state index contributed by atoms with van der Waals surface area (Å²) in [6.07, 6.45) is 1.35. The Bertz CT molecular complexity index is 1020. The van der Waals surface area contributed by atoms with Crippen molar-refractivity contribution in [2.24, 2.45) is 15.7 Å². The highest BCUT2D eigenvalue weighted by molar-refractivity contribution is 5.94. The molecule has 0 radical (unpaired) electrons. The molecule has 0 unspecified atom stereocenters. The van der Waals surface area contributed by atoms with Gasteiger partial charge < -0.3 is 11.1 Å². The Balaban J connectivity index is 0.000000343. The van der Waals surface area contributed by atoms with Crippen LogP contribution in [0.25, 0.3) is 0 Å². The molecular weight excluding hydrogens is 400 g/mol. The van der Waals surface area contributed by atoms with Crippen LogP contribution >= 0.6 is 0 Å².